The lowest BCUT2D eigenvalue weighted by molar-refractivity contribution is 0.198. The van der Waals surface area contributed by atoms with Crippen LogP contribution < -0.4 is 5.32 Å². The third-order valence-electron chi connectivity index (χ3n) is 3.69. The molecule has 1 atom stereocenters. The first-order valence-corrected chi connectivity index (χ1v) is 7.32. The standard InChI is InChI=1S/C15H22BrN/c1-15(2)8-4-7-14(10-15)17-11-12-5-3-6-13(16)9-12/h3,5-6,9,14,17H,4,7-8,10-11H2,1-2H3. The van der Waals surface area contributed by atoms with E-state index in [9.17, 15) is 0 Å². The van der Waals surface area contributed by atoms with Crippen molar-refractivity contribution >= 4 is 15.9 Å². The Morgan fingerprint density at radius 3 is 2.94 bits per heavy atom. The predicted molar refractivity (Wildman–Crippen MR) is 77.0 cm³/mol. The van der Waals surface area contributed by atoms with Crippen LogP contribution in [0.15, 0.2) is 28.7 Å². The van der Waals surface area contributed by atoms with Gasteiger partial charge in [-0.3, -0.25) is 0 Å². The van der Waals surface area contributed by atoms with Gasteiger partial charge in [0.1, 0.15) is 0 Å². The fourth-order valence-electron chi connectivity index (χ4n) is 2.78. The molecule has 0 radical (unpaired) electrons. The van der Waals surface area contributed by atoms with E-state index in [1.807, 2.05) is 0 Å². The van der Waals surface area contributed by atoms with Crippen LogP contribution in [0.4, 0.5) is 0 Å². The minimum absolute atomic E-state index is 0.521. The second-order valence-corrected chi connectivity index (χ2v) is 6.88. The van der Waals surface area contributed by atoms with Gasteiger partial charge in [-0.1, -0.05) is 48.3 Å². The maximum atomic E-state index is 3.70. The second kappa shape index (κ2) is 5.53. The minimum atomic E-state index is 0.521. The number of hydrogen-bond acceptors (Lipinski definition) is 1. The maximum absolute atomic E-state index is 3.70. The Hall–Kier alpha value is -0.340. The molecule has 1 aliphatic carbocycles. The van der Waals surface area contributed by atoms with Gasteiger partial charge in [-0.2, -0.15) is 0 Å². The first kappa shape index (κ1) is 13.1. The van der Waals surface area contributed by atoms with Crippen LogP contribution in [0.3, 0.4) is 0 Å². The second-order valence-electron chi connectivity index (χ2n) is 5.97. The summed E-state index contributed by atoms with van der Waals surface area (Å²) in [4.78, 5) is 0. The first-order valence-electron chi connectivity index (χ1n) is 6.53. The van der Waals surface area contributed by atoms with Gasteiger partial charge >= 0.3 is 0 Å². The zero-order chi connectivity index (χ0) is 12.3. The summed E-state index contributed by atoms with van der Waals surface area (Å²) in [5, 5.41) is 3.70. The van der Waals surface area contributed by atoms with Crippen LogP contribution in [0.2, 0.25) is 0 Å². The molecule has 1 saturated carbocycles. The summed E-state index contributed by atoms with van der Waals surface area (Å²) in [6, 6.07) is 9.25. The van der Waals surface area contributed by atoms with Crippen molar-refractivity contribution in [2.45, 2.75) is 52.1 Å². The van der Waals surface area contributed by atoms with Crippen molar-refractivity contribution < 1.29 is 0 Å². The van der Waals surface area contributed by atoms with Crippen molar-refractivity contribution in [2.24, 2.45) is 5.41 Å². The van der Waals surface area contributed by atoms with Gasteiger partial charge < -0.3 is 5.32 Å². The molecule has 0 aliphatic heterocycles. The van der Waals surface area contributed by atoms with Gasteiger partial charge in [0, 0.05) is 17.1 Å². The molecule has 0 saturated heterocycles. The van der Waals surface area contributed by atoms with Gasteiger partial charge in [-0.05, 0) is 42.4 Å². The molecule has 2 heteroatoms. The summed E-state index contributed by atoms with van der Waals surface area (Å²) in [6.07, 6.45) is 5.38. The lowest BCUT2D eigenvalue weighted by atomic mass is 9.75. The van der Waals surface area contributed by atoms with Crippen molar-refractivity contribution in [1.82, 2.24) is 5.32 Å². The summed E-state index contributed by atoms with van der Waals surface area (Å²) >= 11 is 3.52. The lowest BCUT2D eigenvalue weighted by Gasteiger charge is -2.35. The highest BCUT2D eigenvalue weighted by molar-refractivity contribution is 9.10. The average molecular weight is 296 g/mol. The highest BCUT2D eigenvalue weighted by Crippen LogP contribution is 2.35. The monoisotopic (exact) mass is 295 g/mol. The van der Waals surface area contributed by atoms with E-state index in [1.54, 1.807) is 0 Å². The van der Waals surface area contributed by atoms with Crippen molar-refractivity contribution in [3.63, 3.8) is 0 Å². The third-order valence-corrected chi connectivity index (χ3v) is 4.18. The molecule has 1 nitrogen and oxygen atoms in total. The van der Waals surface area contributed by atoms with Gasteiger partial charge in [0.15, 0.2) is 0 Å². The van der Waals surface area contributed by atoms with Crippen LogP contribution in [0, 0.1) is 5.41 Å². The SMILES string of the molecule is CC1(C)CCCC(NCc2cccc(Br)c2)C1. The summed E-state index contributed by atoms with van der Waals surface area (Å²) < 4.78 is 1.17. The van der Waals surface area contributed by atoms with Gasteiger partial charge in [0.25, 0.3) is 0 Å². The zero-order valence-electron chi connectivity index (χ0n) is 10.8. The predicted octanol–water partition coefficient (Wildman–Crippen LogP) is 4.51. The highest BCUT2D eigenvalue weighted by atomic mass is 79.9. The molecule has 0 heterocycles. The molecule has 94 valence electrons. The molecule has 1 N–H and O–H groups in total. The molecule has 0 bridgehead atoms. The van der Waals surface area contributed by atoms with Crippen LogP contribution in [0.1, 0.15) is 45.1 Å². The van der Waals surface area contributed by atoms with Crippen molar-refractivity contribution in [2.75, 3.05) is 0 Å². The van der Waals surface area contributed by atoms with Crippen molar-refractivity contribution in [3.8, 4) is 0 Å². The van der Waals surface area contributed by atoms with E-state index in [4.69, 9.17) is 0 Å². The quantitative estimate of drug-likeness (QED) is 0.865. The van der Waals surface area contributed by atoms with Crippen LogP contribution in [0.5, 0.6) is 0 Å². The number of hydrogen-bond donors (Lipinski definition) is 1. The minimum Gasteiger partial charge on any atom is -0.310 e. The molecule has 1 unspecified atom stereocenters. The number of rotatable bonds is 3. The van der Waals surface area contributed by atoms with Crippen LogP contribution >= 0.6 is 15.9 Å². The fourth-order valence-corrected chi connectivity index (χ4v) is 3.23. The van der Waals surface area contributed by atoms with Crippen molar-refractivity contribution in [3.05, 3.63) is 34.3 Å². The van der Waals surface area contributed by atoms with E-state index in [0.29, 0.717) is 11.5 Å². The Labute approximate surface area is 113 Å². The van der Waals surface area contributed by atoms with E-state index in [1.165, 1.54) is 35.7 Å². The first-order chi connectivity index (χ1) is 8.05. The molecule has 1 aliphatic rings. The van der Waals surface area contributed by atoms with Crippen molar-refractivity contribution in [1.29, 1.82) is 0 Å². The third kappa shape index (κ3) is 4.11. The smallest absolute Gasteiger partial charge is 0.0208 e. The van der Waals surface area contributed by atoms with Crippen LogP contribution in [-0.4, -0.2) is 6.04 Å². The summed E-state index contributed by atoms with van der Waals surface area (Å²) in [6.45, 7) is 5.76. The molecule has 17 heavy (non-hydrogen) atoms. The molecule has 1 aromatic carbocycles. The summed E-state index contributed by atoms with van der Waals surface area (Å²) in [5.41, 5.74) is 1.88. The molecule has 2 rings (SSSR count). The molecule has 1 fully saturated rings. The summed E-state index contributed by atoms with van der Waals surface area (Å²) in [5.74, 6) is 0. The van der Waals surface area contributed by atoms with Gasteiger partial charge in [0.2, 0.25) is 0 Å². The molecule has 0 aromatic heterocycles. The summed E-state index contributed by atoms with van der Waals surface area (Å²) in [7, 11) is 0. The van der Waals surface area contributed by atoms with Gasteiger partial charge in [-0.15, -0.1) is 0 Å². The molecule has 0 amide bonds. The maximum Gasteiger partial charge on any atom is 0.0208 e. The fraction of sp³-hybridized carbons (Fsp3) is 0.600. The van der Waals surface area contributed by atoms with E-state index in [2.05, 4.69) is 59.4 Å². The molecular weight excluding hydrogens is 274 g/mol. The Morgan fingerprint density at radius 2 is 2.24 bits per heavy atom. The van der Waals surface area contributed by atoms with Crippen LogP contribution in [-0.2, 0) is 6.54 Å². The number of benzene rings is 1. The zero-order valence-corrected chi connectivity index (χ0v) is 12.4. The molecular formula is C15H22BrN. The topological polar surface area (TPSA) is 12.0 Å². The Bertz CT molecular complexity index is 373. The largest absolute Gasteiger partial charge is 0.310 e. The highest BCUT2D eigenvalue weighted by Gasteiger charge is 2.27. The molecule has 0 spiro atoms. The van der Waals surface area contributed by atoms with E-state index in [0.717, 1.165) is 6.54 Å². The Morgan fingerprint density at radius 1 is 1.41 bits per heavy atom. The number of nitrogens with one attached hydrogen (secondary N) is 1. The van der Waals surface area contributed by atoms with Gasteiger partial charge in [0.05, 0.1) is 0 Å². The van der Waals surface area contributed by atoms with E-state index in [-0.39, 0.29) is 0 Å². The van der Waals surface area contributed by atoms with Crippen LogP contribution in [0.25, 0.3) is 0 Å². The molecule has 1 aromatic rings. The average Bonchev–Trinajstić information content (AvgIpc) is 2.25. The Balaban J connectivity index is 1.86. The lowest BCUT2D eigenvalue weighted by Crippen LogP contribution is -2.36. The normalized spacial score (nSPS) is 23.6. The van der Waals surface area contributed by atoms with E-state index < -0.39 is 0 Å². The van der Waals surface area contributed by atoms with Gasteiger partial charge in [-0.25, -0.2) is 0 Å². The Kier molecular flexibility index (Phi) is 4.26. The van der Waals surface area contributed by atoms with E-state index >= 15 is 0 Å². The number of halogens is 1.